The van der Waals surface area contributed by atoms with E-state index in [0.29, 0.717) is 0 Å². The molecular formula is C71H61N. The number of fused-ring (bicyclic) bond motifs is 10. The molecule has 0 fully saturated rings. The Morgan fingerprint density at radius 1 is 0.292 bits per heavy atom. The van der Waals surface area contributed by atoms with Crippen LogP contribution in [0.25, 0.3) is 66.8 Å². The molecule has 0 aromatic heterocycles. The normalized spacial score (nSPS) is 14.4. The zero-order chi connectivity index (χ0) is 49.5. The summed E-state index contributed by atoms with van der Waals surface area (Å²) in [6, 6.07) is 83.9. The SMILES string of the molecule is Cc1cc(C(C)(C)C)cc2c1C1(c3ccccc3-2)c2c(C)cc(C(C)(C)C)cc2-c2cccc(-c3ccc(-c4cccc(N(c5ccc(-c6ccccc6)cc5)c5cccc(-c6ccccc6)c5)c4)cc3)c21. The van der Waals surface area contributed by atoms with Gasteiger partial charge in [0.25, 0.3) is 0 Å². The van der Waals surface area contributed by atoms with Gasteiger partial charge in [-0.3, -0.25) is 0 Å². The van der Waals surface area contributed by atoms with Crippen LogP contribution < -0.4 is 4.90 Å². The predicted octanol–water partition coefficient (Wildman–Crippen LogP) is 19.4. The third kappa shape index (κ3) is 7.36. The van der Waals surface area contributed by atoms with E-state index in [0.717, 1.165) is 17.1 Å². The zero-order valence-electron chi connectivity index (χ0n) is 42.8. The Kier molecular flexibility index (Phi) is 10.7. The van der Waals surface area contributed by atoms with E-state index in [4.69, 9.17) is 0 Å². The van der Waals surface area contributed by atoms with Gasteiger partial charge < -0.3 is 4.90 Å². The van der Waals surface area contributed by atoms with Crippen LogP contribution in [0.4, 0.5) is 17.1 Å². The molecule has 1 nitrogen and oxygen atoms in total. The Labute approximate surface area is 427 Å². The van der Waals surface area contributed by atoms with Gasteiger partial charge in [-0.05, 0) is 172 Å². The van der Waals surface area contributed by atoms with Crippen molar-refractivity contribution in [1.29, 1.82) is 0 Å². The van der Waals surface area contributed by atoms with Crippen molar-refractivity contribution in [2.45, 2.75) is 71.6 Å². The summed E-state index contributed by atoms with van der Waals surface area (Å²) in [6.07, 6.45) is 0. The molecule has 72 heavy (non-hydrogen) atoms. The van der Waals surface area contributed by atoms with Crippen molar-refractivity contribution in [3.63, 3.8) is 0 Å². The van der Waals surface area contributed by atoms with Gasteiger partial charge >= 0.3 is 0 Å². The maximum absolute atomic E-state index is 2.52. The van der Waals surface area contributed by atoms with Gasteiger partial charge in [0.1, 0.15) is 0 Å². The van der Waals surface area contributed by atoms with Crippen molar-refractivity contribution >= 4 is 17.1 Å². The number of hydrogen-bond acceptors (Lipinski definition) is 1. The van der Waals surface area contributed by atoms with E-state index < -0.39 is 5.41 Å². The molecule has 0 N–H and O–H groups in total. The predicted molar refractivity (Wildman–Crippen MR) is 306 cm³/mol. The van der Waals surface area contributed by atoms with E-state index >= 15 is 0 Å². The minimum Gasteiger partial charge on any atom is -0.310 e. The minimum absolute atomic E-state index is 0.000304. The average molecular weight is 928 g/mol. The second kappa shape index (κ2) is 17.1. The van der Waals surface area contributed by atoms with Crippen LogP contribution in [0.3, 0.4) is 0 Å². The summed E-state index contributed by atoms with van der Waals surface area (Å²) in [5.41, 5.74) is 29.0. The fourth-order valence-corrected chi connectivity index (χ4v) is 12.1. The highest BCUT2D eigenvalue weighted by molar-refractivity contribution is 6.00. The van der Waals surface area contributed by atoms with Gasteiger partial charge in [-0.15, -0.1) is 0 Å². The molecule has 0 bridgehead atoms. The second-order valence-corrected chi connectivity index (χ2v) is 22.2. The molecule has 0 aliphatic heterocycles. The number of anilines is 3. The van der Waals surface area contributed by atoms with Crippen LogP contribution in [0.15, 0.2) is 224 Å². The van der Waals surface area contributed by atoms with E-state index in [1.165, 1.54) is 111 Å². The van der Waals surface area contributed by atoms with Gasteiger partial charge in [-0.2, -0.15) is 0 Å². The van der Waals surface area contributed by atoms with Gasteiger partial charge in [0.2, 0.25) is 0 Å². The quantitative estimate of drug-likeness (QED) is 0.154. The van der Waals surface area contributed by atoms with Gasteiger partial charge in [0.15, 0.2) is 0 Å². The molecule has 0 radical (unpaired) electrons. The molecule has 0 saturated heterocycles. The van der Waals surface area contributed by atoms with E-state index in [-0.39, 0.29) is 10.8 Å². The third-order valence-electron chi connectivity index (χ3n) is 15.6. The Morgan fingerprint density at radius 2 is 0.694 bits per heavy atom. The fraction of sp³-hybridized carbons (Fsp3) is 0.155. The first-order chi connectivity index (χ1) is 34.8. The molecule has 2 aliphatic rings. The maximum Gasteiger partial charge on any atom is 0.0736 e. The summed E-state index contributed by atoms with van der Waals surface area (Å²) in [4.78, 5) is 2.39. The fourth-order valence-electron chi connectivity index (χ4n) is 12.1. The lowest BCUT2D eigenvalue weighted by atomic mass is 9.66. The first kappa shape index (κ1) is 45.2. The number of nitrogens with zero attached hydrogens (tertiary/aromatic N) is 1. The molecule has 10 aromatic carbocycles. The lowest BCUT2D eigenvalue weighted by Gasteiger charge is -2.35. The molecule has 12 rings (SSSR count). The first-order valence-electron chi connectivity index (χ1n) is 25.7. The number of benzene rings is 10. The molecule has 0 heterocycles. The van der Waals surface area contributed by atoms with Gasteiger partial charge in [0.05, 0.1) is 5.41 Å². The number of rotatable bonds is 7. The molecule has 1 spiro atoms. The first-order valence-corrected chi connectivity index (χ1v) is 25.7. The Bertz CT molecular complexity index is 3680. The van der Waals surface area contributed by atoms with Gasteiger partial charge in [-0.1, -0.05) is 230 Å². The van der Waals surface area contributed by atoms with Crippen molar-refractivity contribution in [1.82, 2.24) is 0 Å². The van der Waals surface area contributed by atoms with E-state index in [1.807, 2.05) is 0 Å². The minimum atomic E-state index is -0.484. The smallest absolute Gasteiger partial charge is 0.0736 e. The summed E-state index contributed by atoms with van der Waals surface area (Å²) >= 11 is 0. The van der Waals surface area contributed by atoms with Crippen LogP contribution >= 0.6 is 0 Å². The van der Waals surface area contributed by atoms with Crippen LogP contribution in [-0.2, 0) is 16.2 Å². The standard InChI is InChI=1S/C71H61N/c1-46-40-55(69(3,4)5)44-63-61-28-15-16-31-65(61)71(66(46)63)67-47(2)41-56(70(6,7)8)45-64(67)62-30-19-29-60(68(62)71)52-34-32-51(33-35-52)54-25-18-27-59(43-54)72(57-38-36-50(37-39-57)48-20-11-9-12-21-48)58-26-17-24-53(42-58)49-22-13-10-14-23-49/h9-45H,1-8H3. The van der Waals surface area contributed by atoms with Crippen molar-refractivity contribution in [3.05, 3.63) is 269 Å². The van der Waals surface area contributed by atoms with Crippen molar-refractivity contribution in [2.75, 3.05) is 4.90 Å². The van der Waals surface area contributed by atoms with Crippen LogP contribution in [-0.4, -0.2) is 0 Å². The molecule has 1 unspecified atom stereocenters. The van der Waals surface area contributed by atoms with Crippen molar-refractivity contribution in [3.8, 4) is 66.8 Å². The average Bonchev–Trinajstić information content (AvgIpc) is 3.87. The van der Waals surface area contributed by atoms with E-state index in [1.54, 1.807) is 0 Å². The summed E-state index contributed by atoms with van der Waals surface area (Å²) < 4.78 is 0. The van der Waals surface area contributed by atoms with Crippen LogP contribution in [0.5, 0.6) is 0 Å². The van der Waals surface area contributed by atoms with Crippen LogP contribution in [0.2, 0.25) is 0 Å². The molecule has 1 atom stereocenters. The lowest BCUT2D eigenvalue weighted by molar-refractivity contribution is 0.589. The van der Waals surface area contributed by atoms with E-state index in [9.17, 15) is 0 Å². The number of hydrogen-bond donors (Lipinski definition) is 0. The Balaban J connectivity index is 0.998. The highest BCUT2D eigenvalue weighted by Gasteiger charge is 2.54. The Hall–Kier alpha value is -8.00. The Morgan fingerprint density at radius 3 is 1.25 bits per heavy atom. The highest BCUT2D eigenvalue weighted by Crippen LogP contribution is 2.66. The van der Waals surface area contributed by atoms with Crippen LogP contribution in [0.1, 0.15) is 86.1 Å². The van der Waals surface area contributed by atoms with Gasteiger partial charge in [-0.25, -0.2) is 0 Å². The molecule has 10 aromatic rings. The maximum atomic E-state index is 2.52. The molecule has 350 valence electrons. The molecule has 0 saturated carbocycles. The van der Waals surface area contributed by atoms with E-state index in [2.05, 4.69) is 285 Å². The van der Waals surface area contributed by atoms with Crippen molar-refractivity contribution in [2.24, 2.45) is 0 Å². The second-order valence-electron chi connectivity index (χ2n) is 22.2. The lowest BCUT2D eigenvalue weighted by Crippen LogP contribution is -2.29. The summed E-state index contributed by atoms with van der Waals surface area (Å²) in [5.74, 6) is 0. The number of aryl methyl sites for hydroxylation is 2. The summed E-state index contributed by atoms with van der Waals surface area (Å²) in [5, 5.41) is 0. The third-order valence-corrected chi connectivity index (χ3v) is 15.6. The molecular weight excluding hydrogens is 867 g/mol. The van der Waals surface area contributed by atoms with Crippen LogP contribution in [0, 0.1) is 13.8 Å². The monoisotopic (exact) mass is 927 g/mol. The summed E-state index contributed by atoms with van der Waals surface area (Å²) in [7, 11) is 0. The van der Waals surface area contributed by atoms with Gasteiger partial charge in [0, 0.05) is 17.1 Å². The largest absolute Gasteiger partial charge is 0.310 e. The zero-order valence-corrected chi connectivity index (χ0v) is 42.8. The topological polar surface area (TPSA) is 3.24 Å². The summed E-state index contributed by atoms with van der Waals surface area (Å²) in [6.45, 7) is 18.8. The molecule has 0 amide bonds. The molecule has 2 aliphatic carbocycles. The van der Waals surface area contributed by atoms with Crippen molar-refractivity contribution < 1.29 is 0 Å². The highest BCUT2D eigenvalue weighted by atomic mass is 15.1. The molecule has 1 heteroatoms.